The van der Waals surface area contributed by atoms with Crippen molar-refractivity contribution in [2.75, 3.05) is 5.32 Å². The van der Waals surface area contributed by atoms with Crippen molar-refractivity contribution in [3.63, 3.8) is 0 Å². The SMILES string of the molecule is CC(C)C[C@H](C)c1ccccc1NC(=O)c1ccccc1I. The molecule has 22 heavy (non-hydrogen) atoms. The number of amides is 1. The monoisotopic (exact) mass is 407 g/mol. The Balaban J connectivity index is 2.23. The summed E-state index contributed by atoms with van der Waals surface area (Å²) in [6.45, 7) is 6.67. The molecule has 0 aliphatic rings. The van der Waals surface area contributed by atoms with Gasteiger partial charge in [0.25, 0.3) is 5.91 Å². The van der Waals surface area contributed by atoms with Gasteiger partial charge in [-0.3, -0.25) is 4.79 Å². The Morgan fingerprint density at radius 2 is 1.68 bits per heavy atom. The summed E-state index contributed by atoms with van der Waals surface area (Å²) in [5.41, 5.74) is 2.84. The van der Waals surface area contributed by atoms with Crippen LogP contribution in [0.2, 0.25) is 0 Å². The lowest BCUT2D eigenvalue weighted by atomic mass is 9.91. The summed E-state index contributed by atoms with van der Waals surface area (Å²) in [6, 6.07) is 15.7. The highest BCUT2D eigenvalue weighted by Crippen LogP contribution is 2.29. The van der Waals surface area contributed by atoms with Gasteiger partial charge in [-0.1, -0.05) is 51.1 Å². The Labute approximate surface area is 146 Å². The second kappa shape index (κ2) is 7.77. The number of hydrogen-bond donors (Lipinski definition) is 1. The molecule has 3 heteroatoms. The topological polar surface area (TPSA) is 29.1 Å². The molecule has 0 saturated heterocycles. The van der Waals surface area contributed by atoms with E-state index in [1.807, 2.05) is 42.5 Å². The van der Waals surface area contributed by atoms with Gasteiger partial charge in [0.15, 0.2) is 0 Å². The van der Waals surface area contributed by atoms with E-state index in [1.165, 1.54) is 5.56 Å². The molecule has 0 aliphatic carbocycles. The highest BCUT2D eigenvalue weighted by molar-refractivity contribution is 14.1. The number of carbonyl (C=O) groups is 1. The first-order valence-corrected chi connectivity index (χ1v) is 8.71. The van der Waals surface area contributed by atoms with E-state index in [2.05, 4.69) is 54.7 Å². The van der Waals surface area contributed by atoms with Crippen LogP contribution in [0.3, 0.4) is 0 Å². The summed E-state index contributed by atoms with van der Waals surface area (Å²) in [7, 11) is 0. The van der Waals surface area contributed by atoms with Crippen LogP contribution in [0, 0.1) is 9.49 Å². The number of para-hydroxylation sites is 1. The predicted octanol–water partition coefficient (Wildman–Crippen LogP) is 5.69. The first-order chi connectivity index (χ1) is 10.5. The van der Waals surface area contributed by atoms with Crippen LogP contribution < -0.4 is 5.32 Å². The van der Waals surface area contributed by atoms with Gasteiger partial charge in [-0.15, -0.1) is 0 Å². The number of nitrogens with one attached hydrogen (secondary N) is 1. The summed E-state index contributed by atoms with van der Waals surface area (Å²) in [5, 5.41) is 3.08. The number of hydrogen-bond acceptors (Lipinski definition) is 1. The van der Waals surface area contributed by atoms with E-state index in [0.29, 0.717) is 11.8 Å². The Bertz CT molecular complexity index is 651. The van der Waals surface area contributed by atoms with Gasteiger partial charge in [-0.25, -0.2) is 0 Å². The lowest BCUT2D eigenvalue weighted by Gasteiger charge is -2.19. The quantitative estimate of drug-likeness (QED) is 0.634. The summed E-state index contributed by atoms with van der Waals surface area (Å²) in [4.78, 5) is 12.5. The average molecular weight is 407 g/mol. The van der Waals surface area contributed by atoms with Crippen molar-refractivity contribution < 1.29 is 4.79 Å². The van der Waals surface area contributed by atoms with E-state index < -0.39 is 0 Å². The van der Waals surface area contributed by atoms with Gasteiger partial charge in [0.05, 0.1) is 5.56 Å². The van der Waals surface area contributed by atoms with E-state index in [1.54, 1.807) is 0 Å². The molecular formula is C19H22INO. The van der Waals surface area contributed by atoms with Crippen LogP contribution in [-0.2, 0) is 0 Å². The summed E-state index contributed by atoms with van der Waals surface area (Å²) in [6.07, 6.45) is 1.11. The molecule has 0 unspecified atom stereocenters. The van der Waals surface area contributed by atoms with Gasteiger partial charge < -0.3 is 5.32 Å². The lowest BCUT2D eigenvalue weighted by molar-refractivity contribution is 0.102. The molecule has 0 radical (unpaired) electrons. The third-order valence-electron chi connectivity index (χ3n) is 3.68. The standard InChI is InChI=1S/C19H22INO/c1-13(2)12-14(3)15-8-5-7-11-18(15)21-19(22)16-9-4-6-10-17(16)20/h4-11,13-14H,12H2,1-3H3,(H,21,22)/t14-/m0/s1. The molecule has 0 saturated carbocycles. The zero-order valence-corrected chi connectivity index (χ0v) is 15.4. The van der Waals surface area contributed by atoms with Gasteiger partial charge in [0.1, 0.15) is 0 Å². The molecule has 0 heterocycles. The largest absolute Gasteiger partial charge is 0.322 e. The molecule has 0 aliphatic heterocycles. The molecule has 0 spiro atoms. The smallest absolute Gasteiger partial charge is 0.256 e. The molecule has 2 rings (SSSR count). The van der Waals surface area contributed by atoms with E-state index >= 15 is 0 Å². The summed E-state index contributed by atoms with van der Waals surface area (Å²) < 4.78 is 0.963. The zero-order valence-electron chi connectivity index (χ0n) is 13.3. The molecule has 1 amide bonds. The summed E-state index contributed by atoms with van der Waals surface area (Å²) >= 11 is 2.20. The third kappa shape index (κ3) is 4.32. The second-order valence-electron chi connectivity index (χ2n) is 6.05. The number of benzene rings is 2. The van der Waals surface area contributed by atoms with Crippen LogP contribution in [-0.4, -0.2) is 5.91 Å². The zero-order chi connectivity index (χ0) is 16.1. The Hall–Kier alpha value is -1.36. The maximum absolute atomic E-state index is 12.5. The van der Waals surface area contributed by atoms with E-state index in [9.17, 15) is 4.79 Å². The van der Waals surface area contributed by atoms with Crippen molar-refractivity contribution in [1.29, 1.82) is 0 Å². The molecule has 0 fully saturated rings. The van der Waals surface area contributed by atoms with Crippen LogP contribution in [0.25, 0.3) is 0 Å². The number of anilines is 1. The van der Waals surface area contributed by atoms with Crippen LogP contribution >= 0.6 is 22.6 Å². The van der Waals surface area contributed by atoms with Gasteiger partial charge in [-0.05, 0) is 64.6 Å². The molecule has 2 aromatic carbocycles. The predicted molar refractivity (Wildman–Crippen MR) is 101 cm³/mol. The molecule has 1 atom stereocenters. The van der Waals surface area contributed by atoms with Crippen LogP contribution in [0.1, 0.15) is 49.0 Å². The van der Waals surface area contributed by atoms with Crippen LogP contribution in [0.15, 0.2) is 48.5 Å². The average Bonchev–Trinajstić information content (AvgIpc) is 2.47. The fraction of sp³-hybridized carbons (Fsp3) is 0.316. The number of rotatable bonds is 5. The number of halogens is 1. The molecule has 116 valence electrons. The Morgan fingerprint density at radius 3 is 2.36 bits per heavy atom. The van der Waals surface area contributed by atoms with Crippen molar-refractivity contribution in [3.05, 3.63) is 63.2 Å². The third-order valence-corrected chi connectivity index (χ3v) is 4.62. The van der Waals surface area contributed by atoms with Crippen molar-refractivity contribution in [2.45, 2.75) is 33.1 Å². The fourth-order valence-electron chi connectivity index (χ4n) is 2.71. The first-order valence-electron chi connectivity index (χ1n) is 7.64. The fourth-order valence-corrected chi connectivity index (χ4v) is 3.34. The maximum Gasteiger partial charge on any atom is 0.256 e. The van der Waals surface area contributed by atoms with Gasteiger partial charge in [0, 0.05) is 9.26 Å². The lowest BCUT2D eigenvalue weighted by Crippen LogP contribution is -2.15. The van der Waals surface area contributed by atoms with E-state index in [0.717, 1.165) is 21.2 Å². The molecular weight excluding hydrogens is 385 g/mol. The van der Waals surface area contributed by atoms with Gasteiger partial charge in [0.2, 0.25) is 0 Å². The maximum atomic E-state index is 12.5. The minimum Gasteiger partial charge on any atom is -0.322 e. The number of carbonyl (C=O) groups excluding carboxylic acids is 1. The first kappa shape index (κ1) is 17.0. The molecule has 1 N–H and O–H groups in total. The highest BCUT2D eigenvalue weighted by Gasteiger charge is 2.15. The van der Waals surface area contributed by atoms with E-state index in [4.69, 9.17) is 0 Å². The van der Waals surface area contributed by atoms with Crippen molar-refractivity contribution >= 4 is 34.2 Å². The second-order valence-corrected chi connectivity index (χ2v) is 7.21. The van der Waals surface area contributed by atoms with Crippen molar-refractivity contribution in [2.24, 2.45) is 5.92 Å². The van der Waals surface area contributed by atoms with E-state index in [-0.39, 0.29) is 5.91 Å². The van der Waals surface area contributed by atoms with Gasteiger partial charge >= 0.3 is 0 Å². The Morgan fingerprint density at radius 1 is 1.05 bits per heavy atom. The normalized spacial score (nSPS) is 12.2. The molecule has 2 nitrogen and oxygen atoms in total. The highest BCUT2D eigenvalue weighted by atomic mass is 127. The van der Waals surface area contributed by atoms with Gasteiger partial charge in [-0.2, -0.15) is 0 Å². The molecule has 2 aromatic rings. The summed E-state index contributed by atoms with van der Waals surface area (Å²) in [5.74, 6) is 1.01. The minimum atomic E-state index is -0.0470. The van der Waals surface area contributed by atoms with Crippen molar-refractivity contribution in [3.8, 4) is 0 Å². The molecule has 0 bridgehead atoms. The van der Waals surface area contributed by atoms with Crippen LogP contribution in [0.4, 0.5) is 5.69 Å². The molecule has 0 aromatic heterocycles. The van der Waals surface area contributed by atoms with Crippen LogP contribution in [0.5, 0.6) is 0 Å². The van der Waals surface area contributed by atoms with Crippen molar-refractivity contribution in [1.82, 2.24) is 0 Å². The Kier molecular flexibility index (Phi) is 6.00. The minimum absolute atomic E-state index is 0.0470.